The van der Waals surface area contributed by atoms with E-state index in [1.807, 2.05) is 0 Å². The van der Waals surface area contributed by atoms with E-state index in [9.17, 15) is 19.2 Å². The molecule has 7 N–H and O–H groups in total. The molecule has 13 heteroatoms. The van der Waals surface area contributed by atoms with Crippen molar-refractivity contribution >= 4 is 35.8 Å². The van der Waals surface area contributed by atoms with Crippen molar-refractivity contribution in [3.63, 3.8) is 0 Å². The Balaban J connectivity index is -0.000000551. The first-order valence-corrected chi connectivity index (χ1v) is 6.68. The lowest BCUT2D eigenvalue weighted by Gasteiger charge is -2.26. The number of aliphatic carboxylic acids is 5. The van der Waals surface area contributed by atoms with Gasteiger partial charge in [-0.05, 0) is 0 Å². The van der Waals surface area contributed by atoms with Gasteiger partial charge in [0.2, 0.25) is 5.60 Å². The first-order valence-electron chi connectivity index (χ1n) is 6.68. The second-order valence-electron chi connectivity index (χ2n) is 4.49. The second kappa shape index (κ2) is 14.2. The van der Waals surface area contributed by atoms with Crippen LogP contribution < -0.4 is 5.73 Å². The van der Waals surface area contributed by atoms with Crippen molar-refractivity contribution in [3.05, 3.63) is 0 Å². The van der Waals surface area contributed by atoms with Crippen LogP contribution in [0.1, 0.15) is 33.1 Å². The van der Waals surface area contributed by atoms with Gasteiger partial charge in [0, 0.05) is 20.4 Å². The fraction of sp³-hybridized carbons (Fsp3) is 0.538. The predicted molar refractivity (Wildman–Crippen MR) is 81.3 cm³/mol. The maximum absolute atomic E-state index is 11.2. The van der Waals surface area contributed by atoms with Gasteiger partial charge in [-0.1, -0.05) is 0 Å². The van der Waals surface area contributed by atoms with E-state index in [4.69, 9.17) is 40.9 Å². The van der Waals surface area contributed by atoms with Gasteiger partial charge in [-0.15, -0.1) is 0 Å². The van der Waals surface area contributed by atoms with Gasteiger partial charge < -0.3 is 36.0 Å². The van der Waals surface area contributed by atoms with E-state index in [-0.39, 0.29) is 13.0 Å². The summed E-state index contributed by atoms with van der Waals surface area (Å²) in [5.41, 5.74) is 2.42. The molecule has 0 saturated heterocycles. The van der Waals surface area contributed by atoms with Crippen LogP contribution in [-0.4, -0.2) is 73.5 Å². The Morgan fingerprint density at radius 3 is 1.31 bits per heavy atom. The lowest BCUT2D eigenvalue weighted by atomic mass is 9.95. The zero-order valence-corrected chi connectivity index (χ0v) is 14.0. The van der Waals surface area contributed by atoms with Crippen molar-refractivity contribution < 1.29 is 59.0 Å². The molecule has 0 spiro atoms. The van der Waals surface area contributed by atoms with Gasteiger partial charge in [-0.2, -0.15) is 0 Å². The van der Waals surface area contributed by atoms with Gasteiger partial charge in [-0.25, -0.2) is 4.79 Å². The van der Waals surface area contributed by atoms with Gasteiger partial charge in [0.05, 0.1) is 19.3 Å². The molecule has 0 aromatic heterocycles. The third-order valence-electron chi connectivity index (χ3n) is 1.92. The maximum atomic E-state index is 11.2. The Labute approximate surface area is 147 Å². The topological polar surface area (TPSA) is 239 Å². The Morgan fingerprint density at radius 2 is 1.12 bits per heavy atom. The van der Waals surface area contributed by atoms with Crippen LogP contribution in [0.2, 0.25) is 0 Å². The molecular formula is C13H21NO12. The first kappa shape index (κ1) is 27.6. The molecule has 0 amide bonds. The minimum atomic E-state index is -2.62. The van der Waals surface area contributed by atoms with Gasteiger partial charge in [0.15, 0.2) is 0 Å². The molecular weight excluding hydrogens is 362 g/mol. The largest absolute Gasteiger partial charge is 0.481 e. The Kier molecular flexibility index (Phi) is 15.0. The van der Waals surface area contributed by atoms with Crippen LogP contribution in [0.4, 0.5) is 0 Å². The molecule has 0 fully saturated rings. The molecule has 0 unspecified atom stereocenters. The molecule has 0 aliphatic carbocycles. The number of rotatable bonds is 8. The molecule has 0 aromatic carbocycles. The van der Waals surface area contributed by atoms with E-state index in [1.165, 1.54) is 0 Å². The van der Waals surface area contributed by atoms with Crippen LogP contribution in [0.3, 0.4) is 0 Å². The minimum absolute atomic E-state index is 0.130. The molecule has 0 bridgehead atoms. The molecule has 0 atom stereocenters. The summed E-state index contributed by atoms with van der Waals surface area (Å²) in [7, 11) is 0. The monoisotopic (exact) mass is 383 g/mol. The van der Waals surface area contributed by atoms with Gasteiger partial charge in [-0.3, -0.25) is 24.0 Å². The number of hydrogen-bond acceptors (Lipinski definition) is 8. The number of carboxylic acid groups (broad SMARTS) is 5. The van der Waals surface area contributed by atoms with E-state index < -0.39 is 54.3 Å². The lowest BCUT2D eigenvalue weighted by Crippen LogP contribution is -2.47. The number of ether oxygens (including phenoxy) is 1. The van der Waals surface area contributed by atoms with Crippen LogP contribution in [0, 0.1) is 0 Å². The van der Waals surface area contributed by atoms with E-state index in [2.05, 4.69) is 4.74 Å². The average molecular weight is 383 g/mol. The third-order valence-corrected chi connectivity index (χ3v) is 1.92. The van der Waals surface area contributed by atoms with E-state index >= 15 is 0 Å². The van der Waals surface area contributed by atoms with Gasteiger partial charge in [0.25, 0.3) is 11.9 Å². The molecule has 0 aliphatic rings. The van der Waals surface area contributed by atoms with Crippen molar-refractivity contribution in [2.45, 2.75) is 38.7 Å². The molecule has 0 aromatic rings. The van der Waals surface area contributed by atoms with Crippen molar-refractivity contribution in [2.75, 3.05) is 6.54 Å². The highest BCUT2D eigenvalue weighted by Gasteiger charge is 2.47. The zero-order chi connectivity index (χ0) is 21.5. The van der Waals surface area contributed by atoms with E-state index in [0.29, 0.717) is 0 Å². The average Bonchev–Trinajstić information content (AvgIpc) is 2.34. The number of carbonyl (C=O) groups excluding carboxylic acids is 1. The normalized spacial score (nSPS) is 9.35. The quantitative estimate of drug-likeness (QED) is 0.271. The predicted octanol–water partition coefficient (Wildman–Crippen LogP) is -1.17. The summed E-state index contributed by atoms with van der Waals surface area (Å²) in [6.45, 7) is 2.04. The van der Waals surface area contributed by atoms with Crippen molar-refractivity contribution in [2.24, 2.45) is 5.73 Å². The van der Waals surface area contributed by atoms with Crippen LogP contribution >= 0.6 is 0 Å². The Morgan fingerprint density at radius 1 is 0.808 bits per heavy atom. The molecule has 13 nitrogen and oxygen atoms in total. The zero-order valence-electron chi connectivity index (χ0n) is 14.0. The molecule has 26 heavy (non-hydrogen) atoms. The lowest BCUT2D eigenvalue weighted by molar-refractivity contribution is -0.186. The number of esters is 1. The van der Waals surface area contributed by atoms with Crippen LogP contribution in [0.15, 0.2) is 0 Å². The van der Waals surface area contributed by atoms with Crippen molar-refractivity contribution in [3.8, 4) is 0 Å². The fourth-order valence-corrected chi connectivity index (χ4v) is 1.20. The summed E-state index contributed by atoms with van der Waals surface area (Å²) in [5, 5.41) is 40.9. The second-order valence-corrected chi connectivity index (χ2v) is 4.49. The number of nitrogens with two attached hydrogens (primary N) is 1. The van der Waals surface area contributed by atoms with Gasteiger partial charge in [0.1, 0.15) is 0 Å². The SMILES string of the molecule is CC(=O)O.CC(=O)O.NCCC(=O)OC(CC(=O)O)(CC(=O)O)C(=O)O. The molecule has 0 radical (unpaired) electrons. The molecule has 150 valence electrons. The molecule has 0 saturated carbocycles. The molecule has 0 rings (SSSR count). The summed E-state index contributed by atoms with van der Waals surface area (Å²) in [4.78, 5) is 61.3. The molecule has 0 aliphatic heterocycles. The molecule has 0 heterocycles. The summed E-state index contributed by atoms with van der Waals surface area (Å²) < 4.78 is 4.48. The van der Waals surface area contributed by atoms with Crippen molar-refractivity contribution in [1.82, 2.24) is 0 Å². The summed E-state index contributed by atoms with van der Waals surface area (Å²) in [6.07, 6.45) is -2.63. The van der Waals surface area contributed by atoms with Crippen LogP contribution in [-0.2, 0) is 33.5 Å². The maximum Gasteiger partial charge on any atom is 0.349 e. The third kappa shape index (κ3) is 18.8. The standard InChI is InChI=1S/C9H13NO8.2C2H4O2/c10-2-1-7(15)18-9(8(16)17,3-5(11)12)4-6(13)14;2*1-2(3)4/h1-4,10H2,(H,11,12)(H,13,14)(H,16,17);2*1H3,(H,3,4). The van der Waals surface area contributed by atoms with E-state index in [0.717, 1.165) is 13.8 Å². The van der Waals surface area contributed by atoms with Gasteiger partial charge >= 0.3 is 23.9 Å². The number of carbonyl (C=O) groups is 6. The number of hydrogen-bond donors (Lipinski definition) is 6. The van der Waals surface area contributed by atoms with Crippen LogP contribution in [0.5, 0.6) is 0 Å². The minimum Gasteiger partial charge on any atom is -0.481 e. The highest BCUT2D eigenvalue weighted by Crippen LogP contribution is 2.22. The van der Waals surface area contributed by atoms with Crippen LogP contribution in [0.25, 0.3) is 0 Å². The number of carboxylic acids is 5. The first-order chi connectivity index (χ1) is 11.7. The summed E-state index contributed by atoms with van der Waals surface area (Å²) in [6, 6.07) is 0. The van der Waals surface area contributed by atoms with Crippen molar-refractivity contribution in [1.29, 1.82) is 0 Å². The highest BCUT2D eigenvalue weighted by molar-refractivity contribution is 5.90. The highest BCUT2D eigenvalue weighted by atomic mass is 16.6. The Bertz CT molecular complexity index is 491. The van der Waals surface area contributed by atoms with E-state index in [1.54, 1.807) is 0 Å². The summed E-state index contributed by atoms with van der Waals surface area (Å²) >= 11 is 0. The fourth-order valence-electron chi connectivity index (χ4n) is 1.20. The smallest absolute Gasteiger partial charge is 0.349 e. The Hall–Kier alpha value is -3.22. The summed E-state index contributed by atoms with van der Waals surface area (Å²) in [5.74, 6) is -7.77.